The van der Waals surface area contributed by atoms with Gasteiger partial charge >= 0.3 is 6.03 Å². The molecule has 0 saturated carbocycles. The van der Waals surface area contributed by atoms with Crippen molar-refractivity contribution in [3.63, 3.8) is 0 Å². The second kappa shape index (κ2) is 9.36. The molecule has 2 aromatic heterocycles. The predicted octanol–water partition coefficient (Wildman–Crippen LogP) is 5.38. The number of hydrogen-bond donors (Lipinski definition) is 2. The van der Waals surface area contributed by atoms with Crippen LogP contribution in [0.1, 0.15) is 41.5 Å². The highest BCUT2D eigenvalue weighted by Gasteiger charge is 2.22. The van der Waals surface area contributed by atoms with Gasteiger partial charge in [0.2, 0.25) is 0 Å². The Morgan fingerprint density at radius 3 is 2.45 bits per heavy atom. The number of imide groups is 1. The van der Waals surface area contributed by atoms with Crippen LogP contribution in [0.4, 0.5) is 14.9 Å². The standard InChI is InChI=1S/C21H18Cl2FN5O2/c1-10(2)14-15(11(3)8-9-25-14)28-21(31)29-20(30)17-19(23)26-16(18(22)27-17)12-6-4-5-7-13(12)24/h4-10H,1-3H3,(H2,28,29,30,31). The van der Waals surface area contributed by atoms with Gasteiger partial charge in [-0.15, -0.1) is 0 Å². The van der Waals surface area contributed by atoms with Gasteiger partial charge in [-0.05, 0) is 36.6 Å². The van der Waals surface area contributed by atoms with Gasteiger partial charge in [0.05, 0.1) is 11.4 Å². The van der Waals surface area contributed by atoms with Crippen molar-refractivity contribution in [2.45, 2.75) is 26.7 Å². The summed E-state index contributed by atoms with van der Waals surface area (Å²) >= 11 is 12.2. The Hall–Kier alpha value is -3.10. The van der Waals surface area contributed by atoms with Crippen LogP contribution in [0.25, 0.3) is 11.3 Å². The Balaban J connectivity index is 1.82. The maximum absolute atomic E-state index is 14.0. The van der Waals surface area contributed by atoms with Crippen LogP contribution in [0.5, 0.6) is 0 Å². The molecule has 0 saturated heterocycles. The van der Waals surface area contributed by atoms with Crippen molar-refractivity contribution in [3.8, 4) is 11.3 Å². The third-order valence-corrected chi connectivity index (χ3v) is 4.88. The molecule has 0 aliphatic carbocycles. The van der Waals surface area contributed by atoms with Crippen LogP contribution in [0.15, 0.2) is 36.5 Å². The molecule has 31 heavy (non-hydrogen) atoms. The maximum Gasteiger partial charge on any atom is 0.326 e. The summed E-state index contributed by atoms with van der Waals surface area (Å²) in [5, 5.41) is 4.22. The molecule has 0 fully saturated rings. The minimum atomic E-state index is -0.912. The molecule has 0 unspecified atom stereocenters. The molecular weight excluding hydrogens is 444 g/mol. The number of amides is 3. The summed E-state index contributed by atoms with van der Waals surface area (Å²) in [6.07, 6.45) is 1.65. The highest BCUT2D eigenvalue weighted by molar-refractivity contribution is 6.35. The number of carbonyl (C=O) groups excluding carboxylic acids is 2. The molecule has 0 bridgehead atoms. The van der Waals surface area contributed by atoms with Crippen molar-refractivity contribution in [3.05, 3.63) is 69.6 Å². The second-order valence-electron chi connectivity index (χ2n) is 6.93. The number of aromatic nitrogens is 3. The molecule has 2 N–H and O–H groups in total. The zero-order valence-electron chi connectivity index (χ0n) is 16.8. The number of carbonyl (C=O) groups is 2. The minimum Gasteiger partial charge on any atom is -0.306 e. The Labute approximate surface area is 188 Å². The number of pyridine rings is 1. The molecule has 3 rings (SSSR count). The summed E-state index contributed by atoms with van der Waals surface area (Å²) in [6.45, 7) is 5.68. The Kier molecular flexibility index (Phi) is 6.82. The molecule has 1 aromatic carbocycles. The van der Waals surface area contributed by atoms with Gasteiger partial charge in [0, 0.05) is 11.8 Å². The number of urea groups is 1. The lowest BCUT2D eigenvalue weighted by atomic mass is 10.1. The van der Waals surface area contributed by atoms with E-state index in [0.717, 1.165) is 5.56 Å². The van der Waals surface area contributed by atoms with Gasteiger partial charge in [-0.1, -0.05) is 49.2 Å². The average molecular weight is 462 g/mol. The molecule has 0 atom stereocenters. The average Bonchev–Trinajstić information content (AvgIpc) is 2.71. The van der Waals surface area contributed by atoms with Gasteiger partial charge in [-0.2, -0.15) is 0 Å². The molecule has 2 heterocycles. The van der Waals surface area contributed by atoms with Gasteiger partial charge in [0.25, 0.3) is 5.91 Å². The molecule has 0 aliphatic heterocycles. The van der Waals surface area contributed by atoms with Gasteiger partial charge in [0.15, 0.2) is 16.0 Å². The van der Waals surface area contributed by atoms with Gasteiger partial charge < -0.3 is 5.32 Å². The van der Waals surface area contributed by atoms with E-state index in [-0.39, 0.29) is 33.2 Å². The van der Waals surface area contributed by atoms with E-state index in [1.165, 1.54) is 18.2 Å². The van der Waals surface area contributed by atoms with E-state index in [2.05, 4.69) is 25.6 Å². The van der Waals surface area contributed by atoms with Crippen LogP contribution in [0.2, 0.25) is 10.3 Å². The normalized spacial score (nSPS) is 10.8. The number of benzene rings is 1. The van der Waals surface area contributed by atoms with Crippen molar-refractivity contribution in [2.75, 3.05) is 5.32 Å². The molecule has 0 aliphatic rings. The lowest BCUT2D eigenvalue weighted by molar-refractivity contribution is 0.0962. The number of aryl methyl sites for hydroxylation is 1. The van der Waals surface area contributed by atoms with Crippen LogP contribution in [-0.4, -0.2) is 26.9 Å². The first-order valence-electron chi connectivity index (χ1n) is 9.24. The zero-order chi connectivity index (χ0) is 22.7. The van der Waals surface area contributed by atoms with Crippen molar-refractivity contribution in [2.24, 2.45) is 0 Å². The zero-order valence-corrected chi connectivity index (χ0v) is 18.3. The van der Waals surface area contributed by atoms with E-state index in [1.54, 1.807) is 18.3 Å². The fraction of sp³-hybridized carbons (Fsp3) is 0.190. The lowest BCUT2D eigenvalue weighted by Crippen LogP contribution is -2.35. The van der Waals surface area contributed by atoms with E-state index in [4.69, 9.17) is 23.2 Å². The summed E-state index contributed by atoms with van der Waals surface area (Å²) in [5.41, 5.74) is 1.68. The molecule has 160 valence electrons. The molecule has 10 heteroatoms. The van der Waals surface area contributed by atoms with E-state index in [1.807, 2.05) is 20.8 Å². The van der Waals surface area contributed by atoms with Crippen molar-refractivity contribution >= 4 is 40.8 Å². The van der Waals surface area contributed by atoms with Crippen LogP contribution >= 0.6 is 23.2 Å². The number of nitrogens with zero attached hydrogens (tertiary/aromatic N) is 3. The highest BCUT2D eigenvalue weighted by atomic mass is 35.5. The summed E-state index contributed by atoms with van der Waals surface area (Å²) in [4.78, 5) is 37.1. The van der Waals surface area contributed by atoms with Crippen LogP contribution in [0, 0.1) is 12.7 Å². The Morgan fingerprint density at radius 1 is 1.06 bits per heavy atom. The van der Waals surface area contributed by atoms with E-state index in [0.29, 0.717) is 11.4 Å². The number of halogens is 3. The van der Waals surface area contributed by atoms with Crippen molar-refractivity contribution in [1.29, 1.82) is 0 Å². The molecule has 7 nitrogen and oxygen atoms in total. The smallest absolute Gasteiger partial charge is 0.306 e. The fourth-order valence-electron chi connectivity index (χ4n) is 2.85. The summed E-state index contributed by atoms with van der Waals surface area (Å²) in [5.74, 6) is -1.43. The first kappa shape index (κ1) is 22.6. The monoisotopic (exact) mass is 461 g/mol. The lowest BCUT2D eigenvalue weighted by Gasteiger charge is -2.15. The maximum atomic E-state index is 14.0. The van der Waals surface area contributed by atoms with Gasteiger partial charge in [-0.25, -0.2) is 19.2 Å². The van der Waals surface area contributed by atoms with Crippen molar-refractivity contribution < 1.29 is 14.0 Å². The highest BCUT2D eigenvalue weighted by Crippen LogP contribution is 2.29. The Morgan fingerprint density at radius 2 is 1.77 bits per heavy atom. The first-order chi connectivity index (χ1) is 14.7. The van der Waals surface area contributed by atoms with Gasteiger partial charge in [-0.3, -0.25) is 15.1 Å². The second-order valence-corrected chi connectivity index (χ2v) is 7.65. The molecule has 3 aromatic rings. The van der Waals surface area contributed by atoms with Crippen LogP contribution < -0.4 is 10.6 Å². The Bertz CT molecular complexity index is 1170. The fourth-order valence-corrected chi connectivity index (χ4v) is 3.29. The number of nitrogens with one attached hydrogen (secondary N) is 2. The third kappa shape index (κ3) is 4.98. The summed E-state index contributed by atoms with van der Waals surface area (Å²) < 4.78 is 14.0. The molecular formula is C21H18Cl2FN5O2. The molecule has 0 radical (unpaired) electrons. The molecule has 3 amide bonds. The number of hydrogen-bond acceptors (Lipinski definition) is 5. The van der Waals surface area contributed by atoms with E-state index < -0.39 is 17.8 Å². The summed E-state index contributed by atoms with van der Waals surface area (Å²) in [7, 11) is 0. The SMILES string of the molecule is Cc1ccnc(C(C)C)c1NC(=O)NC(=O)c1nc(Cl)c(-c2ccccc2F)nc1Cl. The third-order valence-electron chi connectivity index (χ3n) is 4.36. The van der Waals surface area contributed by atoms with Crippen LogP contribution in [0.3, 0.4) is 0 Å². The number of anilines is 1. The molecule has 0 spiro atoms. The largest absolute Gasteiger partial charge is 0.326 e. The van der Waals surface area contributed by atoms with Crippen molar-refractivity contribution in [1.82, 2.24) is 20.3 Å². The topological polar surface area (TPSA) is 96.9 Å². The summed E-state index contributed by atoms with van der Waals surface area (Å²) in [6, 6.07) is 6.75. The first-order valence-corrected chi connectivity index (χ1v) is 10.0. The van der Waals surface area contributed by atoms with Gasteiger partial charge in [0.1, 0.15) is 11.5 Å². The minimum absolute atomic E-state index is 0.0154. The van der Waals surface area contributed by atoms with E-state index >= 15 is 0 Å². The quantitative estimate of drug-likeness (QED) is 0.543. The van der Waals surface area contributed by atoms with Crippen LogP contribution in [-0.2, 0) is 0 Å². The van der Waals surface area contributed by atoms with E-state index in [9.17, 15) is 14.0 Å². The predicted molar refractivity (Wildman–Crippen MR) is 117 cm³/mol. The number of rotatable bonds is 4.